The van der Waals surface area contributed by atoms with Gasteiger partial charge in [-0.05, 0) is 32.4 Å². The fourth-order valence-electron chi connectivity index (χ4n) is 2.80. The first-order valence-electron chi connectivity index (χ1n) is 8.92. The number of nitro benzene ring substituents is 1. The Bertz CT molecular complexity index is 1240. The Morgan fingerprint density at radius 1 is 1.10 bits per heavy atom. The lowest BCUT2D eigenvalue weighted by Crippen LogP contribution is -1.97. The number of rotatable bonds is 7. The summed E-state index contributed by atoms with van der Waals surface area (Å²) in [6.45, 7) is 5.74. The molecule has 0 atom stereocenters. The lowest BCUT2D eigenvalue weighted by molar-refractivity contribution is -0.385. The predicted octanol–water partition coefficient (Wildman–Crippen LogP) is 4.39. The van der Waals surface area contributed by atoms with Gasteiger partial charge in [0.2, 0.25) is 5.16 Å². The van der Waals surface area contributed by atoms with Crippen LogP contribution in [0.4, 0.5) is 5.69 Å². The zero-order valence-corrected chi connectivity index (χ0v) is 18.8. The van der Waals surface area contributed by atoms with Crippen LogP contribution in [0.3, 0.4) is 0 Å². The maximum atomic E-state index is 11.3. The highest BCUT2D eigenvalue weighted by atomic mass is 32.2. The van der Waals surface area contributed by atoms with Crippen molar-refractivity contribution in [3.63, 3.8) is 0 Å². The second-order valence-electron chi connectivity index (χ2n) is 6.57. The molecular weight excluding hydrogens is 442 g/mol. The largest absolute Gasteiger partial charge is 0.273 e. The highest BCUT2D eigenvalue weighted by molar-refractivity contribution is 8.00. The number of aromatic nitrogens is 6. The lowest BCUT2D eigenvalue weighted by Gasteiger charge is -2.02. The normalized spacial score (nSPS) is 11.3. The van der Waals surface area contributed by atoms with E-state index in [1.54, 1.807) is 16.6 Å². The molecule has 0 amide bonds. The first-order valence-corrected chi connectivity index (χ1v) is 11.7. The molecule has 1 aromatic carbocycles. The molecule has 4 aromatic rings. The van der Waals surface area contributed by atoms with Gasteiger partial charge in [0.15, 0.2) is 4.34 Å². The fourth-order valence-corrected chi connectivity index (χ4v) is 5.49. The van der Waals surface area contributed by atoms with E-state index in [-0.39, 0.29) is 10.6 Å². The molecule has 3 heterocycles. The third-order valence-electron chi connectivity index (χ3n) is 4.16. The van der Waals surface area contributed by atoms with Crippen LogP contribution in [0.15, 0.2) is 33.8 Å². The number of nitrogens with zero attached hydrogens (tertiary/aromatic N) is 7. The highest BCUT2D eigenvalue weighted by Crippen LogP contribution is 2.32. The minimum atomic E-state index is -0.342. The molecule has 0 radical (unpaired) electrons. The number of aryl methyl sites for hydroxylation is 3. The SMILES string of the molecule is Cc1ccc(CSc2nnc(CSc3nc4nc(C)cc(C)n4n3)s2)c([N+](=O)[O-])c1. The van der Waals surface area contributed by atoms with Gasteiger partial charge >= 0.3 is 0 Å². The van der Waals surface area contributed by atoms with Gasteiger partial charge in [-0.1, -0.05) is 47.0 Å². The number of thioether (sulfide) groups is 2. The molecule has 0 saturated heterocycles. The highest BCUT2D eigenvalue weighted by Gasteiger charge is 2.15. The smallest absolute Gasteiger partial charge is 0.258 e. The minimum Gasteiger partial charge on any atom is -0.258 e. The summed E-state index contributed by atoms with van der Waals surface area (Å²) in [5.41, 5.74) is 3.57. The number of hydrogen-bond donors (Lipinski definition) is 0. The Morgan fingerprint density at radius 3 is 2.73 bits per heavy atom. The Morgan fingerprint density at radius 2 is 1.93 bits per heavy atom. The summed E-state index contributed by atoms with van der Waals surface area (Å²) in [5, 5.41) is 25.6. The lowest BCUT2D eigenvalue weighted by atomic mass is 10.1. The first kappa shape index (κ1) is 20.7. The molecule has 0 aliphatic heterocycles. The predicted molar refractivity (Wildman–Crippen MR) is 117 cm³/mol. The number of fused-ring (bicyclic) bond motifs is 1. The van der Waals surface area contributed by atoms with E-state index in [9.17, 15) is 10.1 Å². The standard InChI is InChI=1S/C18H17N7O2S3/c1-10-4-5-13(14(6-10)25(26)27)8-29-18-22-21-15(30-18)9-28-17-20-16-19-11(2)7-12(3)24(16)23-17/h4-7H,8-9H2,1-3H3. The van der Waals surface area contributed by atoms with Crippen LogP contribution < -0.4 is 0 Å². The average molecular weight is 460 g/mol. The van der Waals surface area contributed by atoms with Gasteiger partial charge in [-0.3, -0.25) is 10.1 Å². The number of nitro groups is 1. The quantitative estimate of drug-likeness (QED) is 0.225. The van der Waals surface area contributed by atoms with E-state index in [2.05, 4.69) is 25.3 Å². The molecule has 0 unspecified atom stereocenters. The third-order valence-corrected chi connectivity index (χ3v) is 7.30. The van der Waals surface area contributed by atoms with Crippen molar-refractivity contribution in [3.8, 4) is 0 Å². The fraction of sp³-hybridized carbons (Fsp3) is 0.278. The van der Waals surface area contributed by atoms with Gasteiger partial charge < -0.3 is 0 Å². The molecule has 0 bridgehead atoms. The van der Waals surface area contributed by atoms with Crippen LogP contribution in [0.25, 0.3) is 5.78 Å². The Hall–Kier alpha value is -2.57. The van der Waals surface area contributed by atoms with Crippen LogP contribution in [-0.2, 0) is 11.5 Å². The van der Waals surface area contributed by atoms with Crippen LogP contribution in [0, 0.1) is 30.9 Å². The molecule has 0 N–H and O–H groups in total. The zero-order valence-electron chi connectivity index (χ0n) is 16.4. The molecule has 154 valence electrons. The molecule has 0 saturated carbocycles. The van der Waals surface area contributed by atoms with E-state index in [1.165, 1.54) is 34.9 Å². The Labute approximate surface area is 184 Å². The molecule has 9 nitrogen and oxygen atoms in total. The van der Waals surface area contributed by atoms with E-state index >= 15 is 0 Å². The number of hydrogen-bond acceptors (Lipinski definition) is 10. The maximum absolute atomic E-state index is 11.3. The van der Waals surface area contributed by atoms with Crippen LogP contribution in [-0.4, -0.2) is 34.7 Å². The van der Waals surface area contributed by atoms with Crippen molar-refractivity contribution in [3.05, 3.63) is 61.9 Å². The van der Waals surface area contributed by atoms with Crippen molar-refractivity contribution in [1.82, 2.24) is 29.8 Å². The van der Waals surface area contributed by atoms with E-state index in [4.69, 9.17) is 0 Å². The molecule has 30 heavy (non-hydrogen) atoms. The van der Waals surface area contributed by atoms with E-state index in [0.717, 1.165) is 26.3 Å². The van der Waals surface area contributed by atoms with Gasteiger partial charge in [-0.2, -0.15) is 4.98 Å². The van der Waals surface area contributed by atoms with E-state index < -0.39 is 0 Å². The summed E-state index contributed by atoms with van der Waals surface area (Å²) in [5.74, 6) is 1.65. The second kappa shape index (κ2) is 8.66. The van der Waals surface area contributed by atoms with Gasteiger partial charge in [-0.25, -0.2) is 9.50 Å². The summed E-state index contributed by atoms with van der Waals surface area (Å²) in [6.07, 6.45) is 0. The third kappa shape index (κ3) is 4.60. The monoisotopic (exact) mass is 459 g/mol. The Balaban J connectivity index is 1.39. The van der Waals surface area contributed by atoms with Crippen molar-refractivity contribution >= 4 is 46.3 Å². The number of benzene rings is 1. The molecule has 0 aliphatic carbocycles. The molecule has 3 aromatic heterocycles. The van der Waals surface area contributed by atoms with Gasteiger partial charge in [0.25, 0.3) is 11.5 Å². The van der Waals surface area contributed by atoms with Gasteiger partial charge in [-0.15, -0.1) is 15.3 Å². The first-order chi connectivity index (χ1) is 14.4. The van der Waals surface area contributed by atoms with Gasteiger partial charge in [0.1, 0.15) is 5.01 Å². The summed E-state index contributed by atoms with van der Waals surface area (Å²) in [6, 6.07) is 7.23. The summed E-state index contributed by atoms with van der Waals surface area (Å²) >= 11 is 4.40. The second-order valence-corrected chi connectivity index (χ2v) is 9.80. The van der Waals surface area contributed by atoms with Crippen molar-refractivity contribution in [2.24, 2.45) is 0 Å². The van der Waals surface area contributed by atoms with E-state index in [0.29, 0.717) is 28.0 Å². The summed E-state index contributed by atoms with van der Waals surface area (Å²) in [4.78, 5) is 19.8. The van der Waals surface area contributed by atoms with Crippen LogP contribution in [0.5, 0.6) is 0 Å². The Kier molecular flexibility index (Phi) is 5.97. The molecule has 0 spiro atoms. The molecule has 0 fully saturated rings. The van der Waals surface area contributed by atoms with Gasteiger partial charge in [0.05, 0.1) is 10.7 Å². The minimum absolute atomic E-state index is 0.139. The van der Waals surface area contributed by atoms with E-state index in [1.807, 2.05) is 32.9 Å². The van der Waals surface area contributed by atoms with Crippen LogP contribution in [0.1, 0.15) is 27.5 Å². The van der Waals surface area contributed by atoms with Crippen molar-refractivity contribution in [1.29, 1.82) is 0 Å². The molecule has 12 heteroatoms. The average Bonchev–Trinajstić information content (AvgIpc) is 3.32. The zero-order chi connectivity index (χ0) is 21.3. The van der Waals surface area contributed by atoms with Crippen molar-refractivity contribution in [2.45, 2.75) is 41.8 Å². The summed E-state index contributed by atoms with van der Waals surface area (Å²) in [7, 11) is 0. The van der Waals surface area contributed by atoms with Crippen LogP contribution in [0.2, 0.25) is 0 Å². The summed E-state index contributed by atoms with van der Waals surface area (Å²) < 4.78 is 2.50. The van der Waals surface area contributed by atoms with Gasteiger partial charge in [0, 0.05) is 28.8 Å². The molecule has 4 rings (SSSR count). The molecule has 0 aliphatic rings. The van der Waals surface area contributed by atoms with Crippen molar-refractivity contribution < 1.29 is 4.92 Å². The topological polar surface area (TPSA) is 112 Å². The maximum Gasteiger partial charge on any atom is 0.273 e. The van der Waals surface area contributed by atoms with Crippen LogP contribution >= 0.6 is 34.9 Å². The molecular formula is C18H17N7O2S3. The van der Waals surface area contributed by atoms with Crippen molar-refractivity contribution in [2.75, 3.05) is 0 Å².